The van der Waals surface area contributed by atoms with Crippen LogP contribution in [0.4, 0.5) is 33.3 Å². The third-order valence-corrected chi connectivity index (χ3v) is 6.11. The number of hydrogen-bond acceptors (Lipinski definition) is 5. The number of carbonyl (C=O) groups excluding carboxylic acids is 3. The van der Waals surface area contributed by atoms with Gasteiger partial charge in [-0.1, -0.05) is 33.6 Å². The summed E-state index contributed by atoms with van der Waals surface area (Å²) in [6.07, 6.45) is -11.2. The Labute approximate surface area is 243 Å². The van der Waals surface area contributed by atoms with Crippen molar-refractivity contribution in [3.05, 3.63) is 86.8 Å². The first-order chi connectivity index (χ1) is 19.2. The van der Waals surface area contributed by atoms with E-state index in [0.717, 1.165) is 4.47 Å². The molecule has 0 spiro atoms. The molecular formula is C26H20BrClF5N3O5. The number of alkyl halides is 5. The van der Waals surface area contributed by atoms with Crippen molar-refractivity contribution < 1.29 is 46.2 Å². The molecule has 3 amide bonds. The molecular weight excluding hydrogens is 645 g/mol. The zero-order valence-corrected chi connectivity index (χ0v) is 22.9. The predicted octanol–water partition coefficient (Wildman–Crippen LogP) is 5.79. The lowest BCUT2D eigenvalue weighted by molar-refractivity contribution is -0.205. The first-order valence-corrected chi connectivity index (χ1v) is 12.7. The number of amides is 3. The summed E-state index contributed by atoms with van der Waals surface area (Å²) in [7, 11) is 0. The lowest BCUT2D eigenvalue weighted by Crippen LogP contribution is -2.43. The van der Waals surface area contributed by atoms with Crippen molar-refractivity contribution in [1.29, 1.82) is 0 Å². The summed E-state index contributed by atoms with van der Waals surface area (Å²) in [6, 6.07) is 14.1. The molecule has 0 aliphatic carbocycles. The summed E-state index contributed by atoms with van der Waals surface area (Å²) in [6.45, 7) is -1.44. The molecule has 1 unspecified atom stereocenters. The van der Waals surface area contributed by atoms with Gasteiger partial charge in [0, 0.05) is 22.4 Å². The fraction of sp³-hybridized carbons (Fsp3) is 0.192. The molecule has 3 rings (SSSR count). The van der Waals surface area contributed by atoms with Gasteiger partial charge >= 0.3 is 6.18 Å². The van der Waals surface area contributed by atoms with E-state index in [-0.39, 0.29) is 33.1 Å². The molecule has 0 heterocycles. The second-order valence-corrected chi connectivity index (χ2v) is 9.63. The average molecular weight is 665 g/mol. The maximum absolute atomic E-state index is 13.0. The van der Waals surface area contributed by atoms with Gasteiger partial charge in [0.15, 0.2) is 0 Å². The van der Waals surface area contributed by atoms with Gasteiger partial charge in [-0.05, 0) is 60.2 Å². The van der Waals surface area contributed by atoms with Crippen LogP contribution in [0.2, 0.25) is 5.02 Å². The van der Waals surface area contributed by atoms with Gasteiger partial charge in [-0.25, -0.2) is 8.78 Å². The summed E-state index contributed by atoms with van der Waals surface area (Å²) < 4.78 is 68.9. The van der Waals surface area contributed by atoms with Gasteiger partial charge in [-0.2, -0.15) is 13.2 Å². The first-order valence-electron chi connectivity index (χ1n) is 11.5. The largest absolute Gasteiger partial charge is 0.487 e. The lowest BCUT2D eigenvalue weighted by atomic mass is 10.1. The van der Waals surface area contributed by atoms with Gasteiger partial charge in [-0.3, -0.25) is 14.4 Å². The maximum atomic E-state index is 13.0. The predicted molar refractivity (Wildman–Crippen MR) is 143 cm³/mol. The van der Waals surface area contributed by atoms with Gasteiger partial charge in [-0.15, -0.1) is 0 Å². The second-order valence-electron chi connectivity index (χ2n) is 8.30. The highest BCUT2D eigenvalue weighted by Gasteiger charge is 2.43. The highest BCUT2D eigenvalue weighted by atomic mass is 79.9. The van der Waals surface area contributed by atoms with Crippen LogP contribution in [-0.4, -0.2) is 48.1 Å². The summed E-state index contributed by atoms with van der Waals surface area (Å²) in [4.78, 5) is 37.5. The van der Waals surface area contributed by atoms with Crippen molar-refractivity contribution in [1.82, 2.24) is 5.32 Å². The fourth-order valence-corrected chi connectivity index (χ4v) is 3.75. The monoisotopic (exact) mass is 663 g/mol. The Morgan fingerprint density at radius 1 is 0.902 bits per heavy atom. The van der Waals surface area contributed by atoms with Crippen molar-refractivity contribution in [2.75, 3.05) is 17.2 Å². The minimum atomic E-state index is -5.15. The Hall–Kier alpha value is -3.75. The smallest absolute Gasteiger partial charge is 0.423 e. The first kappa shape index (κ1) is 31.8. The van der Waals surface area contributed by atoms with Gasteiger partial charge in [0.2, 0.25) is 6.10 Å². The van der Waals surface area contributed by atoms with E-state index in [1.807, 2.05) is 5.32 Å². The Balaban J connectivity index is 1.80. The van der Waals surface area contributed by atoms with Crippen molar-refractivity contribution in [2.24, 2.45) is 0 Å². The minimum absolute atomic E-state index is 0.0435. The minimum Gasteiger partial charge on any atom is -0.487 e. The maximum Gasteiger partial charge on any atom is 0.423 e. The summed E-state index contributed by atoms with van der Waals surface area (Å²) in [5, 5.41) is 16.0. The molecule has 0 radical (unpaired) electrons. The van der Waals surface area contributed by atoms with Gasteiger partial charge in [0.05, 0.1) is 16.1 Å². The number of ether oxygens (including phenoxy) is 1. The Morgan fingerprint density at radius 2 is 1.51 bits per heavy atom. The number of carbonyl (C=O) groups is 3. The molecule has 218 valence electrons. The molecule has 4 N–H and O–H groups in total. The van der Waals surface area contributed by atoms with Crippen LogP contribution in [0.3, 0.4) is 0 Å². The van der Waals surface area contributed by atoms with Crippen LogP contribution in [0.1, 0.15) is 26.3 Å². The standard InChI is InChI=1S/C26H20BrClF5N3O5/c27-14-2-4-15(5-3-14)35-24(39)18-10-16(6-8-20(18)41-12-21(29)30)36-23(38)17-9-13(1-7-19(17)28)11-34-25(40)22(37)26(31,32)33/h1-10,21-22,37H,11-12H2,(H,34,40)(H,35,39)(H,36,38). The van der Waals surface area contributed by atoms with E-state index in [1.165, 1.54) is 36.4 Å². The van der Waals surface area contributed by atoms with Crippen LogP contribution >= 0.6 is 27.5 Å². The van der Waals surface area contributed by atoms with Crippen LogP contribution in [0.25, 0.3) is 0 Å². The molecule has 3 aromatic carbocycles. The lowest BCUT2D eigenvalue weighted by Gasteiger charge is -2.15. The Bertz CT molecular complexity index is 1420. The van der Waals surface area contributed by atoms with E-state index < -0.39 is 49.6 Å². The van der Waals surface area contributed by atoms with Gasteiger partial charge in [0.1, 0.15) is 12.4 Å². The second kappa shape index (κ2) is 13.7. The molecule has 1 atom stereocenters. The average Bonchev–Trinajstić information content (AvgIpc) is 2.91. The van der Waals surface area contributed by atoms with Gasteiger partial charge in [0.25, 0.3) is 24.1 Å². The summed E-state index contributed by atoms with van der Waals surface area (Å²) >= 11 is 9.38. The summed E-state index contributed by atoms with van der Waals surface area (Å²) in [5.74, 6) is -3.36. The van der Waals surface area contributed by atoms with E-state index in [2.05, 4.69) is 26.6 Å². The highest BCUT2D eigenvalue weighted by molar-refractivity contribution is 9.10. The molecule has 15 heteroatoms. The number of benzene rings is 3. The number of hydrogen-bond donors (Lipinski definition) is 4. The molecule has 41 heavy (non-hydrogen) atoms. The zero-order valence-electron chi connectivity index (χ0n) is 20.6. The zero-order chi connectivity index (χ0) is 30.3. The topological polar surface area (TPSA) is 117 Å². The van der Waals surface area contributed by atoms with Gasteiger partial charge < -0.3 is 25.8 Å². The third-order valence-electron chi connectivity index (χ3n) is 5.25. The number of anilines is 2. The molecule has 0 saturated carbocycles. The summed E-state index contributed by atoms with van der Waals surface area (Å²) in [5.41, 5.74) is 0.340. The fourth-order valence-electron chi connectivity index (χ4n) is 3.28. The van der Waals surface area contributed by atoms with Crippen LogP contribution < -0.4 is 20.7 Å². The molecule has 0 fully saturated rings. The molecule has 0 bridgehead atoms. The molecule has 3 aromatic rings. The number of halogens is 7. The quantitative estimate of drug-likeness (QED) is 0.205. The van der Waals surface area contributed by atoms with Crippen LogP contribution in [-0.2, 0) is 11.3 Å². The van der Waals surface area contributed by atoms with Crippen LogP contribution in [0, 0.1) is 0 Å². The van der Waals surface area contributed by atoms with E-state index in [0.29, 0.717) is 5.69 Å². The molecule has 0 saturated heterocycles. The van der Waals surface area contributed by atoms with Crippen molar-refractivity contribution in [3.63, 3.8) is 0 Å². The Morgan fingerprint density at radius 3 is 2.15 bits per heavy atom. The highest BCUT2D eigenvalue weighted by Crippen LogP contribution is 2.27. The normalized spacial score (nSPS) is 12.0. The van der Waals surface area contributed by atoms with E-state index in [9.17, 15) is 36.3 Å². The molecule has 0 aliphatic rings. The van der Waals surface area contributed by atoms with Crippen LogP contribution in [0.15, 0.2) is 65.1 Å². The van der Waals surface area contributed by atoms with Crippen molar-refractivity contribution in [2.45, 2.75) is 25.3 Å². The van der Waals surface area contributed by atoms with Crippen molar-refractivity contribution in [3.8, 4) is 5.75 Å². The number of aliphatic hydroxyl groups is 1. The van der Waals surface area contributed by atoms with Crippen molar-refractivity contribution >= 4 is 56.6 Å². The number of nitrogens with one attached hydrogen (secondary N) is 3. The SMILES string of the molecule is O=C(Nc1ccc(OCC(F)F)c(C(=O)Nc2ccc(Br)cc2)c1)c1cc(CNC(=O)C(O)C(F)(F)F)ccc1Cl. The van der Waals surface area contributed by atoms with E-state index in [4.69, 9.17) is 21.4 Å². The molecule has 0 aromatic heterocycles. The van der Waals surface area contributed by atoms with Crippen LogP contribution in [0.5, 0.6) is 5.75 Å². The Kier molecular flexibility index (Phi) is 10.7. The van der Waals surface area contributed by atoms with E-state index >= 15 is 0 Å². The number of aliphatic hydroxyl groups excluding tert-OH is 1. The van der Waals surface area contributed by atoms with E-state index in [1.54, 1.807) is 24.3 Å². The number of rotatable bonds is 10. The third kappa shape index (κ3) is 9.13. The molecule has 8 nitrogen and oxygen atoms in total. The molecule has 0 aliphatic heterocycles.